The molecule has 0 amide bonds. The van der Waals surface area contributed by atoms with Gasteiger partial charge >= 0.3 is 0 Å². The van der Waals surface area contributed by atoms with Crippen molar-refractivity contribution in [3.63, 3.8) is 0 Å². The number of Topliss-reactive ketones (excluding diaryl/α,β-unsaturated/α-hetero) is 1. The standard InChI is InChI=1S/C21H14BrClO2/c22-16-7-8-21(19(23)11-16)25-12-20(24)15-6-5-14-9-13-3-1-2-4-17(13)18(14)10-15/h1-8,10-11H,9,12H2. The Labute approximate surface area is 159 Å². The fraction of sp³-hybridized carbons (Fsp3) is 0.0952. The van der Waals surface area contributed by atoms with E-state index in [9.17, 15) is 4.79 Å². The van der Waals surface area contributed by atoms with Crippen LogP contribution in [0.5, 0.6) is 5.75 Å². The molecule has 0 heterocycles. The lowest BCUT2D eigenvalue weighted by atomic mass is 10.0. The van der Waals surface area contributed by atoms with Crippen molar-refractivity contribution in [2.45, 2.75) is 6.42 Å². The molecule has 0 spiro atoms. The molecule has 124 valence electrons. The fourth-order valence-electron chi connectivity index (χ4n) is 3.12. The summed E-state index contributed by atoms with van der Waals surface area (Å²) in [5.74, 6) is 0.441. The van der Waals surface area contributed by atoms with Crippen molar-refractivity contribution in [1.82, 2.24) is 0 Å². The molecule has 0 bridgehead atoms. The first-order valence-corrected chi connectivity index (χ1v) is 9.11. The van der Waals surface area contributed by atoms with E-state index < -0.39 is 0 Å². The first-order chi connectivity index (χ1) is 12.1. The lowest BCUT2D eigenvalue weighted by Gasteiger charge is -2.09. The minimum Gasteiger partial charge on any atom is -0.484 e. The monoisotopic (exact) mass is 412 g/mol. The summed E-state index contributed by atoms with van der Waals surface area (Å²) >= 11 is 9.47. The number of hydrogen-bond acceptors (Lipinski definition) is 2. The van der Waals surface area contributed by atoms with Crippen molar-refractivity contribution in [3.8, 4) is 16.9 Å². The molecule has 4 rings (SSSR count). The molecule has 3 aromatic carbocycles. The van der Waals surface area contributed by atoms with Gasteiger partial charge in [0.25, 0.3) is 0 Å². The molecule has 25 heavy (non-hydrogen) atoms. The van der Waals surface area contributed by atoms with Crippen LogP contribution >= 0.6 is 27.5 Å². The van der Waals surface area contributed by atoms with Crippen LogP contribution in [0.1, 0.15) is 21.5 Å². The molecule has 1 aliphatic carbocycles. The van der Waals surface area contributed by atoms with Gasteiger partial charge in [-0.3, -0.25) is 4.79 Å². The predicted molar refractivity (Wildman–Crippen MR) is 104 cm³/mol. The van der Waals surface area contributed by atoms with Gasteiger partial charge in [-0.25, -0.2) is 0 Å². The van der Waals surface area contributed by atoms with E-state index in [0.717, 1.165) is 16.5 Å². The number of ether oxygens (including phenoxy) is 1. The largest absolute Gasteiger partial charge is 0.484 e. The second kappa shape index (κ2) is 6.66. The lowest BCUT2D eigenvalue weighted by Crippen LogP contribution is -2.12. The number of carbonyl (C=O) groups excluding carboxylic acids is 1. The Hall–Kier alpha value is -2.10. The molecule has 0 radical (unpaired) electrons. The molecule has 0 fully saturated rings. The Kier molecular flexibility index (Phi) is 4.36. The summed E-state index contributed by atoms with van der Waals surface area (Å²) < 4.78 is 6.46. The van der Waals surface area contributed by atoms with Crippen molar-refractivity contribution in [3.05, 3.63) is 86.8 Å². The van der Waals surface area contributed by atoms with Gasteiger partial charge in [0.05, 0.1) is 5.02 Å². The summed E-state index contributed by atoms with van der Waals surface area (Å²) in [6, 6.07) is 19.5. The number of fused-ring (bicyclic) bond motifs is 3. The molecule has 2 nitrogen and oxygen atoms in total. The Morgan fingerprint density at radius 3 is 2.64 bits per heavy atom. The van der Waals surface area contributed by atoms with Gasteiger partial charge in [0.2, 0.25) is 0 Å². The van der Waals surface area contributed by atoms with Crippen molar-refractivity contribution in [2.75, 3.05) is 6.61 Å². The molecule has 0 aliphatic heterocycles. The molecular formula is C21H14BrClO2. The zero-order valence-corrected chi connectivity index (χ0v) is 15.6. The van der Waals surface area contributed by atoms with Crippen LogP contribution in [0, 0.1) is 0 Å². The van der Waals surface area contributed by atoms with Gasteiger partial charge in [-0.05, 0) is 52.9 Å². The van der Waals surface area contributed by atoms with Gasteiger partial charge in [-0.15, -0.1) is 0 Å². The topological polar surface area (TPSA) is 26.3 Å². The van der Waals surface area contributed by atoms with Gasteiger partial charge in [0, 0.05) is 10.0 Å². The van der Waals surface area contributed by atoms with E-state index in [2.05, 4.69) is 28.1 Å². The number of halogens is 2. The molecule has 0 saturated heterocycles. The van der Waals surface area contributed by atoms with Crippen LogP contribution in [0.25, 0.3) is 11.1 Å². The summed E-state index contributed by atoms with van der Waals surface area (Å²) in [5, 5.41) is 0.477. The van der Waals surface area contributed by atoms with Crippen LogP contribution in [-0.4, -0.2) is 12.4 Å². The zero-order chi connectivity index (χ0) is 17.4. The molecule has 0 N–H and O–H groups in total. The number of carbonyl (C=O) groups is 1. The van der Waals surface area contributed by atoms with E-state index in [4.69, 9.17) is 16.3 Å². The summed E-state index contributed by atoms with van der Waals surface area (Å²) in [7, 11) is 0. The Morgan fingerprint density at radius 2 is 1.80 bits per heavy atom. The zero-order valence-electron chi connectivity index (χ0n) is 13.3. The molecule has 0 atom stereocenters. The van der Waals surface area contributed by atoms with Gasteiger partial charge in [0.1, 0.15) is 5.75 Å². The van der Waals surface area contributed by atoms with Crippen LogP contribution in [0.15, 0.2) is 65.1 Å². The lowest BCUT2D eigenvalue weighted by molar-refractivity contribution is 0.0921. The Morgan fingerprint density at radius 1 is 1.00 bits per heavy atom. The molecular weight excluding hydrogens is 400 g/mol. The van der Waals surface area contributed by atoms with Gasteiger partial charge in [-0.2, -0.15) is 0 Å². The first-order valence-electron chi connectivity index (χ1n) is 7.94. The average molecular weight is 414 g/mol. The number of ketones is 1. The van der Waals surface area contributed by atoms with E-state index in [-0.39, 0.29) is 12.4 Å². The SMILES string of the molecule is O=C(COc1ccc(Br)cc1Cl)c1ccc2c(c1)-c1ccccc1C2. The van der Waals surface area contributed by atoms with Gasteiger partial charge in [-0.1, -0.05) is 63.9 Å². The normalized spacial score (nSPS) is 11.8. The maximum atomic E-state index is 12.5. The first kappa shape index (κ1) is 16.4. The Balaban J connectivity index is 1.54. The minimum atomic E-state index is -0.0637. The summed E-state index contributed by atoms with van der Waals surface area (Å²) in [6.45, 7) is -0.0399. The Bertz CT molecular complexity index is 981. The van der Waals surface area contributed by atoms with Crippen LogP contribution in [0.2, 0.25) is 5.02 Å². The minimum absolute atomic E-state index is 0.0399. The van der Waals surface area contributed by atoms with E-state index in [1.54, 1.807) is 12.1 Å². The summed E-state index contributed by atoms with van der Waals surface area (Å²) in [4.78, 5) is 12.5. The predicted octanol–water partition coefficient (Wildman–Crippen LogP) is 5.94. The third-order valence-corrected chi connectivity index (χ3v) is 5.16. The molecule has 1 aliphatic rings. The second-order valence-corrected chi connectivity index (χ2v) is 7.32. The third kappa shape index (κ3) is 3.22. The molecule has 0 unspecified atom stereocenters. The third-order valence-electron chi connectivity index (χ3n) is 4.37. The molecule has 4 heteroatoms. The van der Waals surface area contributed by atoms with E-state index >= 15 is 0 Å². The molecule has 0 saturated carbocycles. The number of benzene rings is 3. The summed E-state index contributed by atoms with van der Waals surface area (Å²) in [5.41, 5.74) is 5.57. The van der Waals surface area contributed by atoms with Crippen LogP contribution in [0.4, 0.5) is 0 Å². The van der Waals surface area contributed by atoms with Crippen LogP contribution < -0.4 is 4.74 Å². The van der Waals surface area contributed by atoms with Crippen molar-refractivity contribution < 1.29 is 9.53 Å². The van der Waals surface area contributed by atoms with Crippen molar-refractivity contribution >= 4 is 33.3 Å². The highest BCUT2D eigenvalue weighted by molar-refractivity contribution is 9.10. The van der Waals surface area contributed by atoms with E-state index in [1.165, 1.54) is 16.7 Å². The highest BCUT2D eigenvalue weighted by Gasteiger charge is 2.19. The highest BCUT2D eigenvalue weighted by atomic mass is 79.9. The molecule has 0 aromatic heterocycles. The van der Waals surface area contributed by atoms with Gasteiger partial charge < -0.3 is 4.74 Å². The van der Waals surface area contributed by atoms with Crippen molar-refractivity contribution in [2.24, 2.45) is 0 Å². The van der Waals surface area contributed by atoms with Gasteiger partial charge in [0.15, 0.2) is 12.4 Å². The van der Waals surface area contributed by atoms with Crippen molar-refractivity contribution in [1.29, 1.82) is 0 Å². The quantitative estimate of drug-likeness (QED) is 0.387. The maximum absolute atomic E-state index is 12.5. The average Bonchev–Trinajstić information content (AvgIpc) is 2.98. The maximum Gasteiger partial charge on any atom is 0.200 e. The smallest absolute Gasteiger partial charge is 0.200 e. The molecule has 3 aromatic rings. The van der Waals surface area contributed by atoms with Crippen LogP contribution in [0.3, 0.4) is 0 Å². The number of rotatable bonds is 4. The highest BCUT2D eigenvalue weighted by Crippen LogP contribution is 2.37. The van der Waals surface area contributed by atoms with E-state index in [1.807, 2.05) is 36.4 Å². The number of hydrogen-bond donors (Lipinski definition) is 0. The van der Waals surface area contributed by atoms with Crippen LogP contribution in [-0.2, 0) is 6.42 Å². The van der Waals surface area contributed by atoms with E-state index in [0.29, 0.717) is 16.3 Å². The second-order valence-electron chi connectivity index (χ2n) is 5.99. The fourth-order valence-corrected chi connectivity index (χ4v) is 3.84. The summed E-state index contributed by atoms with van der Waals surface area (Å²) in [6.07, 6.45) is 0.922.